The molecule has 4 rings (SSSR count). The van der Waals surface area contributed by atoms with Crippen LogP contribution in [0.1, 0.15) is 5.56 Å². The van der Waals surface area contributed by atoms with Crippen LogP contribution in [0.4, 0.5) is 5.95 Å². The van der Waals surface area contributed by atoms with Crippen LogP contribution in [-0.2, 0) is 6.42 Å². The Kier molecular flexibility index (Phi) is 6.49. The van der Waals surface area contributed by atoms with E-state index in [-0.39, 0.29) is 24.0 Å². The summed E-state index contributed by atoms with van der Waals surface area (Å²) in [6.45, 7) is 4.06. The van der Waals surface area contributed by atoms with E-state index in [1.54, 1.807) is 12.4 Å². The van der Waals surface area contributed by atoms with Crippen molar-refractivity contribution in [3.05, 3.63) is 54.5 Å². The average molecular weight is 477 g/mol. The predicted octanol–water partition coefficient (Wildman–Crippen LogP) is 2.26. The molecule has 0 saturated carbocycles. The Morgan fingerprint density at radius 2 is 1.81 bits per heavy atom. The topological polar surface area (TPSA) is 86.4 Å². The number of aromatic amines is 1. The monoisotopic (exact) mass is 477 g/mol. The third-order valence-corrected chi connectivity index (χ3v) is 4.77. The van der Waals surface area contributed by atoms with Crippen LogP contribution in [0.2, 0.25) is 0 Å². The highest BCUT2D eigenvalue weighted by atomic mass is 127. The minimum absolute atomic E-state index is 0. The Balaban J connectivity index is 0.00000210. The van der Waals surface area contributed by atoms with E-state index in [0.29, 0.717) is 12.5 Å². The fourth-order valence-corrected chi connectivity index (χ4v) is 3.32. The Hall–Kier alpha value is -2.36. The third-order valence-electron chi connectivity index (χ3n) is 4.77. The smallest absolute Gasteiger partial charge is 0.225 e. The Labute approximate surface area is 175 Å². The first-order valence-electron chi connectivity index (χ1n) is 8.93. The minimum Gasteiger partial charge on any atom is -0.370 e. The molecule has 27 heavy (non-hydrogen) atoms. The lowest BCUT2D eigenvalue weighted by atomic mass is 10.1. The number of nitrogens with zero attached hydrogens (tertiary/aromatic N) is 5. The zero-order valence-electron chi connectivity index (χ0n) is 15.1. The summed E-state index contributed by atoms with van der Waals surface area (Å²) in [5.74, 6) is 1.40. The molecule has 0 radical (unpaired) electrons. The van der Waals surface area contributed by atoms with Crippen molar-refractivity contribution in [3.63, 3.8) is 0 Å². The number of hydrogen-bond acceptors (Lipinski definition) is 4. The maximum absolute atomic E-state index is 6.20. The van der Waals surface area contributed by atoms with Gasteiger partial charge in [-0.2, -0.15) is 0 Å². The molecule has 0 unspecified atom stereocenters. The quantitative estimate of drug-likeness (QED) is 0.342. The van der Waals surface area contributed by atoms with Crippen LogP contribution in [0.25, 0.3) is 10.9 Å². The van der Waals surface area contributed by atoms with Gasteiger partial charge in [-0.1, -0.05) is 18.2 Å². The summed E-state index contributed by atoms with van der Waals surface area (Å²) >= 11 is 0. The molecule has 8 heteroatoms. The molecule has 3 heterocycles. The summed E-state index contributed by atoms with van der Waals surface area (Å²) in [6.07, 6.45) is 6.49. The largest absolute Gasteiger partial charge is 0.370 e. The molecule has 0 bridgehead atoms. The van der Waals surface area contributed by atoms with Crippen LogP contribution < -0.4 is 10.6 Å². The maximum atomic E-state index is 6.20. The summed E-state index contributed by atoms with van der Waals surface area (Å²) in [7, 11) is 0. The van der Waals surface area contributed by atoms with Gasteiger partial charge in [-0.25, -0.2) is 9.97 Å². The number of nitrogens with two attached hydrogens (primary N) is 1. The zero-order valence-corrected chi connectivity index (χ0v) is 17.4. The van der Waals surface area contributed by atoms with Gasteiger partial charge in [0.1, 0.15) is 0 Å². The number of para-hydroxylation sites is 1. The summed E-state index contributed by atoms with van der Waals surface area (Å²) in [6, 6.07) is 10.2. The lowest BCUT2D eigenvalue weighted by Gasteiger charge is -2.35. The number of guanidine groups is 1. The Bertz CT molecular complexity index is 885. The lowest BCUT2D eigenvalue weighted by molar-refractivity contribution is 0.378. The number of hydrogen-bond donors (Lipinski definition) is 2. The van der Waals surface area contributed by atoms with Crippen molar-refractivity contribution >= 4 is 46.8 Å². The Morgan fingerprint density at radius 3 is 2.59 bits per heavy atom. The summed E-state index contributed by atoms with van der Waals surface area (Å²) in [4.78, 5) is 20.8. The third kappa shape index (κ3) is 4.49. The van der Waals surface area contributed by atoms with E-state index in [1.807, 2.05) is 12.1 Å². The first kappa shape index (κ1) is 19.4. The molecular weight excluding hydrogens is 453 g/mol. The van der Waals surface area contributed by atoms with Crippen molar-refractivity contribution < 1.29 is 0 Å². The molecular formula is C19H24IN7. The van der Waals surface area contributed by atoms with E-state index < -0.39 is 0 Å². The number of aliphatic imine (C=N–C) groups is 1. The standard InChI is InChI=1S/C19H23N7.HI/c20-18(21-9-6-15-14-24-17-5-2-1-4-16(15)17)25-10-12-26(13-11-25)19-22-7-3-8-23-19;/h1-5,7-8,14,24H,6,9-13H2,(H2,20,21);1H. The lowest BCUT2D eigenvalue weighted by Crippen LogP contribution is -2.51. The molecule has 1 saturated heterocycles. The van der Waals surface area contributed by atoms with E-state index >= 15 is 0 Å². The van der Waals surface area contributed by atoms with Gasteiger partial charge in [-0.3, -0.25) is 4.99 Å². The van der Waals surface area contributed by atoms with Crippen molar-refractivity contribution in [2.45, 2.75) is 6.42 Å². The number of benzene rings is 1. The molecule has 0 spiro atoms. The van der Waals surface area contributed by atoms with Gasteiger partial charge in [0, 0.05) is 62.2 Å². The van der Waals surface area contributed by atoms with Gasteiger partial charge < -0.3 is 20.5 Å². The second-order valence-corrected chi connectivity index (χ2v) is 6.37. The predicted molar refractivity (Wildman–Crippen MR) is 120 cm³/mol. The van der Waals surface area contributed by atoms with Crippen molar-refractivity contribution in [1.82, 2.24) is 19.9 Å². The first-order valence-corrected chi connectivity index (χ1v) is 8.93. The summed E-state index contributed by atoms with van der Waals surface area (Å²) in [5.41, 5.74) is 8.65. The molecule has 0 atom stereocenters. The van der Waals surface area contributed by atoms with Gasteiger partial charge in [0.15, 0.2) is 5.96 Å². The number of nitrogens with one attached hydrogen (secondary N) is 1. The molecule has 1 aliphatic heterocycles. The van der Waals surface area contributed by atoms with Crippen molar-refractivity contribution in [2.75, 3.05) is 37.6 Å². The molecule has 1 aromatic carbocycles. The van der Waals surface area contributed by atoms with Crippen LogP contribution >= 0.6 is 24.0 Å². The fourth-order valence-electron chi connectivity index (χ4n) is 3.32. The molecule has 1 aliphatic rings. The van der Waals surface area contributed by atoms with Crippen LogP contribution in [0.15, 0.2) is 53.9 Å². The van der Waals surface area contributed by atoms with Gasteiger partial charge in [0.2, 0.25) is 5.95 Å². The van der Waals surface area contributed by atoms with Gasteiger partial charge >= 0.3 is 0 Å². The van der Waals surface area contributed by atoms with E-state index in [0.717, 1.165) is 38.5 Å². The van der Waals surface area contributed by atoms with Crippen LogP contribution in [0.5, 0.6) is 0 Å². The normalized spacial score (nSPS) is 15.0. The number of anilines is 1. The number of halogens is 1. The van der Waals surface area contributed by atoms with E-state index in [9.17, 15) is 0 Å². The zero-order chi connectivity index (χ0) is 17.8. The average Bonchev–Trinajstić information content (AvgIpc) is 3.12. The van der Waals surface area contributed by atoms with Gasteiger partial charge in [-0.05, 0) is 24.1 Å². The van der Waals surface area contributed by atoms with Gasteiger partial charge in [0.05, 0.1) is 0 Å². The second kappa shape index (κ2) is 9.03. The SMILES string of the molecule is I.NC(=NCCc1c[nH]c2ccccc12)N1CCN(c2ncccn2)CC1. The van der Waals surface area contributed by atoms with Crippen LogP contribution in [0, 0.1) is 0 Å². The molecule has 142 valence electrons. The van der Waals surface area contributed by atoms with Crippen molar-refractivity contribution in [1.29, 1.82) is 0 Å². The van der Waals surface area contributed by atoms with Gasteiger partial charge in [-0.15, -0.1) is 24.0 Å². The summed E-state index contributed by atoms with van der Waals surface area (Å²) < 4.78 is 0. The number of aromatic nitrogens is 3. The molecule has 0 aliphatic carbocycles. The number of piperazine rings is 1. The Morgan fingerprint density at radius 1 is 1.07 bits per heavy atom. The molecule has 7 nitrogen and oxygen atoms in total. The molecule has 3 aromatic rings. The number of rotatable bonds is 4. The number of fused-ring (bicyclic) bond motifs is 1. The highest BCUT2D eigenvalue weighted by Gasteiger charge is 2.19. The van der Waals surface area contributed by atoms with Crippen molar-refractivity contribution in [2.24, 2.45) is 10.7 Å². The highest BCUT2D eigenvalue weighted by Crippen LogP contribution is 2.18. The van der Waals surface area contributed by atoms with Crippen LogP contribution in [0.3, 0.4) is 0 Å². The van der Waals surface area contributed by atoms with Crippen molar-refractivity contribution in [3.8, 4) is 0 Å². The van der Waals surface area contributed by atoms with E-state index in [4.69, 9.17) is 5.73 Å². The number of H-pyrrole nitrogens is 1. The van der Waals surface area contributed by atoms with E-state index in [2.05, 4.69) is 54.1 Å². The molecule has 3 N–H and O–H groups in total. The second-order valence-electron chi connectivity index (χ2n) is 6.37. The fraction of sp³-hybridized carbons (Fsp3) is 0.316. The maximum Gasteiger partial charge on any atom is 0.225 e. The molecule has 1 fully saturated rings. The van der Waals surface area contributed by atoms with Gasteiger partial charge in [0.25, 0.3) is 0 Å². The molecule has 0 amide bonds. The first-order chi connectivity index (χ1) is 12.8. The minimum atomic E-state index is 0. The summed E-state index contributed by atoms with van der Waals surface area (Å²) in [5, 5.41) is 1.26. The molecule has 2 aromatic heterocycles. The van der Waals surface area contributed by atoms with E-state index in [1.165, 1.54) is 16.5 Å². The highest BCUT2D eigenvalue weighted by molar-refractivity contribution is 14.0. The van der Waals surface area contributed by atoms with Crippen LogP contribution in [-0.4, -0.2) is 58.5 Å².